The van der Waals surface area contributed by atoms with E-state index < -0.39 is 0 Å². The monoisotopic (exact) mass is 401 g/mol. The lowest BCUT2D eigenvalue weighted by Gasteiger charge is -2.14. The minimum absolute atomic E-state index is 0.456. The highest BCUT2D eigenvalue weighted by molar-refractivity contribution is 6.31. The van der Waals surface area contributed by atoms with E-state index in [0.717, 1.165) is 28.3 Å². The van der Waals surface area contributed by atoms with Gasteiger partial charge in [0.05, 0.1) is 6.61 Å². The van der Waals surface area contributed by atoms with Crippen molar-refractivity contribution in [2.24, 2.45) is 0 Å². The second-order valence-corrected chi connectivity index (χ2v) is 6.87. The fourth-order valence-corrected chi connectivity index (χ4v) is 2.91. The highest BCUT2D eigenvalue weighted by atomic mass is 35.5. The minimum atomic E-state index is 0.456. The van der Waals surface area contributed by atoms with E-state index in [9.17, 15) is 0 Å². The van der Waals surface area contributed by atoms with E-state index in [1.54, 1.807) is 0 Å². The maximum Gasteiger partial charge on any atom is 0.161 e. The number of rotatable bonds is 8. The molecular formula is C22H21Cl2NO2. The second kappa shape index (κ2) is 9.54. The third-order valence-corrected chi connectivity index (χ3v) is 4.42. The van der Waals surface area contributed by atoms with Crippen molar-refractivity contribution in [1.29, 1.82) is 0 Å². The van der Waals surface area contributed by atoms with E-state index in [1.165, 1.54) is 0 Å². The Balaban J connectivity index is 1.67. The molecule has 3 aromatic carbocycles. The molecule has 0 amide bonds. The van der Waals surface area contributed by atoms with Crippen LogP contribution in [0.15, 0.2) is 66.7 Å². The van der Waals surface area contributed by atoms with Crippen molar-refractivity contribution in [3.05, 3.63) is 87.9 Å². The van der Waals surface area contributed by atoms with Gasteiger partial charge in [-0.15, -0.1) is 0 Å². The van der Waals surface area contributed by atoms with Crippen molar-refractivity contribution >= 4 is 28.9 Å². The Labute approximate surface area is 169 Å². The lowest BCUT2D eigenvalue weighted by molar-refractivity contribution is 0.269. The summed E-state index contributed by atoms with van der Waals surface area (Å²) >= 11 is 11.9. The summed E-state index contributed by atoms with van der Waals surface area (Å²) in [7, 11) is 0. The average Bonchev–Trinajstić information content (AvgIpc) is 2.67. The first-order valence-electron chi connectivity index (χ1n) is 8.76. The van der Waals surface area contributed by atoms with Gasteiger partial charge in [-0.3, -0.25) is 0 Å². The summed E-state index contributed by atoms with van der Waals surface area (Å²) < 4.78 is 11.7. The average molecular weight is 402 g/mol. The number of anilines is 1. The number of benzene rings is 3. The molecule has 0 heterocycles. The fraction of sp³-hybridized carbons (Fsp3) is 0.182. The molecule has 5 heteroatoms. The van der Waals surface area contributed by atoms with Crippen LogP contribution in [-0.4, -0.2) is 6.61 Å². The highest BCUT2D eigenvalue weighted by Gasteiger charge is 2.07. The Kier molecular flexibility index (Phi) is 6.86. The molecule has 3 nitrogen and oxygen atoms in total. The van der Waals surface area contributed by atoms with E-state index in [2.05, 4.69) is 5.32 Å². The largest absolute Gasteiger partial charge is 0.490 e. The quantitative estimate of drug-likeness (QED) is 0.462. The molecule has 0 saturated carbocycles. The molecule has 0 aromatic heterocycles. The summed E-state index contributed by atoms with van der Waals surface area (Å²) in [4.78, 5) is 0. The van der Waals surface area contributed by atoms with Gasteiger partial charge >= 0.3 is 0 Å². The Morgan fingerprint density at radius 1 is 0.778 bits per heavy atom. The number of hydrogen-bond acceptors (Lipinski definition) is 3. The molecule has 0 aliphatic carbocycles. The van der Waals surface area contributed by atoms with Crippen molar-refractivity contribution in [3.63, 3.8) is 0 Å². The van der Waals surface area contributed by atoms with Crippen LogP contribution in [0.2, 0.25) is 10.0 Å². The third kappa shape index (κ3) is 5.81. The van der Waals surface area contributed by atoms with Gasteiger partial charge < -0.3 is 14.8 Å². The van der Waals surface area contributed by atoms with Gasteiger partial charge in [-0.2, -0.15) is 0 Å². The molecule has 140 valence electrons. The van der Waals surface area contributed by atoms with Gasteiger partial charge in [0.25, 0.3) is 0 Å². The number of hydrogen-bond donors (Lipinski definition) is 1. The zero-order chi connectivity index (χ0) is 19.1. The lowest BCUT2D eigenvalue weighted by Crippen LogP contribution is -2.03. The first-order chi connectivity index (χ1) is 13.1. The van der Waals surface area contributed by atoms with Gasteiger partial charge in [-0.25, -0.2) is 0 Å². The number of halogens is 2. The maximum absolute atomic E-state index is 6.02. The SMILES string of the molecule is CCOc1cc(CNc2cccc(Cl)c2)ccc1OCc1ccc(Cl)cc1. The molecule has 3 aromatic rings. The molecule has 0 radical (unpaired) electrons. The molecule has 0 bridgehead atoms. The molecule has 0 aliphatic rings. The molecule has 0 fully saturated rings. The van der Waals surface area contributed by atoms with Crippen LogP contribution in [-0.2, 0) is 13.2 Å². The first-order valence-corrected chi connectivity index (χ1v) is 9.52. The molecule has 0 aliphatic heterocycles. The Morgan fingerprint density at radius 2 is 1.56 bits per heavy atom. The summed E-state index contributed by atoms with van der Waals surface area (Å²) in [6.45, 7) is 3.65. The molecule has 3 rings (SSSR count). The lowest BCUT2D eigenvalue weighted by atomic mass is 10.2. The van der Waals surface area contributed by atoms with Crippen molar-refractivity contribution < 1.29 is 9.47 Å². The normalized spacial score (nSPS) is 10.5. The van der Waals surface area contributed by atoms with Gasteiger partial charge in [0.2, 0.25) is 0 Å². The molecule has 0 spiro atoms. The van der Waals surface area contributed by atoms with Crippen molar-refractivity contribution in [3.8, 4) is 11.5 Å². The van der Waals surface area contributed by atoms with Crippen LogP contribution in [0.5, 0.6) is 11.5 Å². The van der Waals surface area contributed by atoms with E-state index in [4.69, 9.17) is 32.7 Å². The van der Waals surface area contributed by atoms with Crippen LogP contribution >= 0.6 is 23.2 Å². The maximum atomic E-state index is 6.02. The Bertz CT molecular complexity index is 882. The van der Waals surface area contributed by atoms with Crippen molar-refractivity contribution in [2.45, 2.75) is 20.1 Å². The second-order valence-electron chi connectivity index (χ2n) is 5.99. The summed E-state index contributed by atoms with van der Waals surface area (Å²) in [5, 5.41) is 4.78. The fourth-order valence-electron chi connectivity index (χ4n) is 2.59. The summed E-state index contributed by atoms with van der Waals surface area (Å²) in [5.41, 5.74) is 3.12. The standard InChI is InChI=1S/C22H21Cl2NO2/c1-2-26-22-12-17(14-25-20-5-3-4-19(24)13-20)8-11-21(22)27-15-16-6-9-18(23)10-7-16/h3-13,25H,2,14-15H2,1H3. The van der Waals surface area contributed by atoms with Crippen molar-refractivity contribution in [1.82, 2.24) is 0 Å². The zero-order valence-electron chi connectivity index (χ0n) is 15.0. The predicted molar refractivity (Wildman–Crippen MR) is 112 cm³/mol. The highest BCUT2D eigenvalue weighted by Crippen LogP contribution is 2.30. The summed E-state index contributed by atoms with van der Waals surface area (Å²) in [6, 6.07) is 21.2. The van der Waals surface area contributed by atoms with E-state index >= 15 is 0 Å². The van der Waals surface area contributed by atoms with Gasteiger partial charge in [-0.05, 0) is 60.5 Å². The van der Waals surface area contributed by atoms with E-state index in [-0.39, 0.29) is 0 Å². The minimum Gasteiger partial charge on any atom is -0.490 e. The zero-order valence-corrected chi connectivity index (χ0v) is 16.6. The van der Waals surface area contributed by atoms with Crippen LogP contribution in [0.4, 0.5) is 5.69 Å². The molecule has 0 atom stereocenters. The van der Waals surface area contributed by atoms with Gasteiger partial charge in [0.15, 0.2) is 11.5 Å². The third-order valence-electron chi connectivity index (χ3n) is 3.94. The smallest absolute Gasteiger partial charge is 0.161 e. The molecule has 0 saturated heterocycles. The predicted octanol–water partition coefficient (Wildman–Crippen LogP) is 6.58. The van der Waals surface area contributed by atoms with Gasteiger partial charge in [-0.1, -0.05) is 47.5 Å². The van der Waals surface area contributed by atoms with Gasteiger partial charge in [0, 0.05) is 22.3 Å². The summed E-state index contributed by atoms with van der Waals surface area (Å²) in [6.07, 6.45) is 0. The van der Waals surface area contributed by atoms with Crippen LogP contribution < -0.4 is 14.8 Å². The van der Waals surface area contributed by atoms with Crippen LogP contribution in [0, 0.1) is 0 Å². The Hall–Kier alpha value is -2.36. The number of nitrogens with one attached hydrogen (secondary N) is 1. The van der Waals surface area contributed by atoms with E-state index in [1.807, 2.05) is 73.7 Å². The van der Waals surface area contributed by atoms with E-state index in [0.29, 0.717) is 29.8 Å². The molecular weight excluding hydrogens is 381 g/mol. The van der Waals surface area contributed by atoms with Crippen molar-refractivity contribution in [2.75, 3.05) is 11.9 Å². The number of ether oxygens (including phenoxy) is 2. The first kappa shape index (κ1) is 19.4. The topological polar surface area (TPSA) is 30.5 Å². The molecule has 27 heavy (non-hydrogen) atoms. The van der Waals surface area contributed by atoms with Crippen LogP contribution in [0.25, 0.3) is 0 Å². The Morgan fingerprint density at radius 3 is 2.30 bits per heavy atom. The summed E-state index contributed by atoms with van der Waals surface area (Å²) in [5.74, 6) is 1.45. The molecule has 0 unspecified atom stereocenters. The van der Waals surface area contributed by atoms with Gasteiger partial charge in [0.1, 0.15) is 6.61 Å². The molecule has 1 N–H and O–H groups in total. The van der Waals surface area contributed by atoms with Crippen LogP contribution in [0.1, 0.15) is 18.1 Å². The van der Waals surface area contributed by atoms with Crippen LogP contribution in [0.3, 0.4) is 0 Å².